The average molecular weight is 240 g/mol. The van der Waals surface area contributed by atoms with Crippen molar-refractivity contribution in [3.05, 3.63) is 54.1 Å². The molecular formula is C16H20N2. The van der Waals surface area contributed by atoms with Crippen LogP contribution in [0.5, 0.6) is 0 Å². The summed E-state index contributed by atoms with van der Waals surface area (Å²) in [5.41, 5.74) is 10.8. The van der Waals surface area contributed by atoms with E-state index < -0.39 is 0 Å². The Kier molecular flexibility index (Phi) is 4.00. The highest BCUT2D eigenvalue weighted by atomic mass is 15.1. The molecule has 0 aliphatic heterocycles. The second kappa shape index (κ2) is 5.69. The molecule has 0 heterocycles. The molecule has 0 saturated carbocycles. The maximum atomic E-state index is 5.69. The summed E-state index contributed by atoms with van der Waals surface area (Å²) in [6.45, 7) is 0.682. The van der Waals surface area contributed by atoms with Crippen LogP contribution >= 0.6 is 0 Å². The minimum absolute atomic E-state index is 0.682. The lowest BCUT2D eigenvalue weighted by Gasteiger charge is -2.19. The Morgan fingerprint density at radius 1 is 0.889 bits per heavy atom. The molecule has 0 atom stereocenters. The van der Waals surface area contributed by atoms with Gasteiger partial charge in [0, 0.05) is 25.3 Å². The van der Waals surface area contributed by atoms with Crippen LogP contribution in [0.4, 0.5) is 5.69 Å². The van der Waals surface area contributed by atoms with Crippen molar-refractivity contribution in [1.82, 2.24) is 0 Å². The number of hydrogen-bond donors (Lipinski definition) is 1. The summed E-state index contributed by atoms with van der Waals surface area (Å²) in [6, 6.07) is 17.0. The third-order valence-electron chi connectivity index (χ3n) is 3.11. The summed E-state index contributed by atoms with van der Waals surface area (Å²) in [5, 5.41) is 0. The molecule has 2 aromatic rings. The fourth-order valence-electron chi connectivity index (χ4n) is 2.25. The maximum absolute atomic E-state index is 5.69. The van der Waals surface area contributed by atoms with Gasteiger partial charge in [0.1, 0.15) is 0 Å². The molecule has 0 bridgehead atoms. The monoisotopic (exact) mass is 240 g/mol. The number of rotatable bonds is 4. The molecule has 2 N–H and O–H groups in total. The molecule has 2 nitrogen and oxygen atoms in total. The summed E-state index contributed by atoms with van der Waals surface area (Å²) in [6.07, 6.45) is 0.915. The van der Waals surface area contributed by atoms with E-state index in [9.17, 15) is 0 Å². The largest absolute Gasteiger partial charge is 0.377 e. The molecule has 0 spiro atoms. The van der Waals surface area contributed by atoms with Gasteiger partial charge in [0.2, 0.25) is 0 Å². The van der Waals surface area contributed by atoms with Crippen LogP contribution in [0.2, 0.25) is 0 Å². The zero-order valence-electron chi connectivity index (χ0n) is 11.1. The van der Waals surface area contributed by atoms with Crippen LogP contribution in [0.3, 0.4) is 0 Å². The van der Waals surface area contributed by atoms with Crippen LogP contribution in [0.25, 0.3) is 11.1 Å². The van der Waals surface area contributed by atoms with Crippen molar-refractivity contribution in [2.45, 2.75) is 6.42 Å². The first kappa shape index (κ1) is 12.7. The molecule has 18 heavy (non-hydrogen) atoms. The molecule has 2 heteroatoms. The van der Waals surface area contributed by atoms with Gasteiger partial charge >= 0.3 is 0 Å². The molecule has 94 valence electrons. The van der Waals surface area contributed by atoms with E-state index >= 15 is 0 Å². The lowest BCUT2D eigenvalue weighted by Crippen LogP contribution is -2.10. The van der Waals surface area contributed by atoms with Crippen molar-refractivity contribution in [3.8, 4) is 11.1 Å². The highest BCUT2D eigenvalue weighted by Gasteiger charge is 2.09. The fraction of sp³-hybridized carbons (Fsp3) is 0.250. The van der Waals surface area contributed by atoms with Crippen LogP contribution in [0.15, 0.2) is 48.5 Å². The van der Waals surface area contributed by atoms with Gasteiger partial charge in [-0.1, -0.05) is 42.5 Å². The second-order valence-electron chi connectivity index (χ2n) is 4.61. The van der Waals surface area contributed by atoms with E-state index in [4.69, 9.17) is 5.73 Å². The molecular weight excluding hydrogens is 220 g/mol. The Hall–Kier alpha value is -1.80. The maximum Gasteiger partial charge on any atom is 0.0440 e. The van der Waals surface area contributed by atoms with Crippen molar-refractivity contribution in [2.24, 2.45) is 5.73 Å². The van der Waals surface area contributed by atoms with E-state index in [-0.39, 0.29) is 0 Å². The molecule has 0 unspecified atom stereocenters. The van der Waals surface area contributed by atoms with Gasteiger partial charge in [0.05, 0.1) is 0 Å². The Balaban J connectivity index is 2.55. The number of benzene rings is 2. The van der Waals surface area contributed by atoms with E-state index in [0.717, 1.165) is 6.42 Å². The lowest BCUT2D eigenvalue weighted by molar-refractivity contribution is 0.970. The molecule has 2 rings (SSSR count). The smallest absolute Gasteiger partial charge is 0.0440 e. The SMILES string of the molecule is CN(C)c1ccccc1-c1ccccc1CCN. The van der Waals surface area contributed by atoms with E-state index in [1.54, 1.807) is 0 Å². The lowest BCUT2D eigenvalue weighted by atomic mass is 9.96. The molecule has 2 aromatic carbocycles. The Bertz CT molecular complexity index is 518. The Labute approximate surface area is 109 Å². The first-order chi connectivity index (χ1) is 8.74. The quantitative estimate of drug-likeness (QED) is 0.890. The zero-order chi connectivity index (χ0) is 13.0. The van der Waals surface area contributed by atoms with Gasteiger partial charge in [-0.2, -0.15) is 0 Å². The highest BCUT2D eigenvalue weighted by molar-refractivity contribution is 5.80. The summed E-state index contributed by atoms with van der Waals surface area (Å²) in [4.78, 5) is 2.15. The third-order valence-corrected chi connectivity index (χ3v) is 3.11. The van der Waals surface area contributed by atoms with Gasteiger partial charge in [-0.3, -0.25) is 0 Å². The summed E-state index contributed by atoms with van der Waals surface area (Å²) >= 11 is 0. The van der Waals surface area contributed by atoms with Crippen molar-refractivity contribution >= 4 is 5.69 Å². The van der Waals surface area contributed by atoms with Gasteiger partial charge in [0.25, 0.3) is 0 Å². The van der Waals surface area contributed by atoms with Crippen LogP contribution in [-0.4, -0.2) is 20.6 Å². The topological polar surface area (TPSA) is 29.3 Å². The number of nitrogens with zero attached hydrogens (tertiary/aromatic N) is 1. The van der Waals surface area contributed by atoms with Gasteiger partial charge < -0.3 is 10.6 Å². The minimum atomic E-state index is 0.682. The first-order valence-corrected chi connectivity index (χ1v) is 6.28. The van der Waals surface area contributed by atoms with Gasteiger partial charge in [-0.15, -0.1) is 0 Å². The van der Waals surface area contributed by atoms with Gasteiger partial charge in [0.15, 0.2) is 0 Å². The normalized spacial score (nSPS) is 10.4. The van der Waals surface area contributed by atoms with Crippen LogP contribution in [-0.2, 0) is 6.42 Å². The summed E-state index contributed by atoms with van der Waals surface area (Å²) in [7, 11) is 4.15. The number of hydrogen-bond acceptors (Lipinski definition) is 2. The van der Waals surface area contributed by atoms with E-state index in [2.05, 4.69) is 67.5 Å². The van der Waals surface area contributed by atoms with Crippen molar-refractivity contribution < 1.29 is 0 Å². The molecule has 0 aliphatic rings. The van der Waals surface area contributed by atoms with Gasteiger partial charge in [-0.25, -0.2) is 0 Å². The number of anilines is 1. The first-order valence-electron chi connectivity index (χ1n) is 6.28. The van der Waals surface area contributed by atoms with Gasteiger partial charge in [-0.05, 0) is 30.2 Å². The highest BCUT2D eigenvalue weighted by Crippen LogP contribution is 2.32. The molecule has 0 saturated heterocycles. The predicted octanol–water partition coefficient (Wildman–Crippen LogP) is 2.92. The molecule has 0 aliphatic carbocycles. The standard InChI is InChI=1S/C16H20N2/c1-18(2)16-10-6-5-9-15(16)14-8-4-3-7-13(14)11-12-17/h3-10H,11-12,17H2,1-2H3. The zero-order valence-corrected chi connectivity index (χ0v) is 11.1. The van der Waals surface area contributed by atoms with Crippen molar-refractivity contribution in [2.75, 3.05) is 25.5 Å². The molecule has 0 amide bonds. The predicted molar refractivity (Wildman–Crippen MR) is 79.0 cm³/mol. The fourth-order valence-corrected chi connectivity index (χ4v) is 2.25. The number of para-hydroxylation sites is 1. The molecule has 0 radical (unpaired) electrons. The van der Waals surface area contributed by atoms with Crippen molar-refractivity contribution in [1.29, 1.82) is 0 Å². The van der Waals surface area contributed by atoms with E-state index in [0.29, 0.717) is 6.54 Å². The van der Waals surface area contributed by atoms with E-state index in [1.807, 2.05) is 0 Å². The minimum Gasteiger partial charge on any atom is -0.377 e. The average Bonchev–Trinajstić information content (AvgIpc) is 2.40. The Morgan fingerprint density at radius 2 is 1.50 bits per heavy atom. The molecule has 0 fully saturated rings. The van der Waals surface area contributed by atoms with Crippen LogP contribution in [0.1, 0.15) is 5.56 Å². The van der Waals surface area contributed by atoms with E-state index in [1.165, 1.54) is 22.4 Å². The van der Waals surface area contributed by atoms with Crippen LogP contribution < -0.4 is 10.6 Å². The van der Waals surface area contributed by atoms with Crippen molar-refractivity contribution in [3.63, 3.8) is 0 Å². The summed E-state index contributed by atoms with van der Waals surface area (Å²) in [5.74, 6) is 0. The Morgan fingerprint density at radius 3 is 2.17 bits per heavy atom. The second-order valence-corrected chi connectivity index (χ2v) is 4.61. The molecule has 0 aromatic heterocycles. The third kappa shape index (κ3) is 2.54. The number of nitrogens with two attached hydrogens (primary N) is 1. The summed E-state index contributed by atoms with van der Waals surface area (Å²) < 4.78 is 0. The van der Waals surface area contributed by atoms with Crippen LogP contribution in [0, 0.1) is 0 Å².